The average Bonchev–Trinajstić information content (AvgIpc) is 1.91. The smallest absolute Gasteiger partial charge is 0.0749 e. The molecule has 1 aliphatic heterocycles. The number of allylic oxidation sites excluding steroid dienone is 1. The predicted molar refractivity (Wildman–Crippen MR) is 40.5 cm³/mol. The van der Waals surface area contributed by atoms with Gasteiger partial charge >= 0.3 is 0 Å². The van der Waals surface area contributed by atoms with E-state index in [1.165, 1.54) is 0 Å². The number of aliphatic imine (C=N–C) groups is 2. The van der Waals surface area contributed by atoms with Crippen LogP contribution in [-0.4, -0.2) is 25.5 Å². The first-order chi connectivity index (χ1) is 4.43. The Hall–Kier alpha value is -0.920. The molecule has 1 rings (SSSR count). The summed E-state index contributed by atoms with van der Waals surface area (Å²) < 4.78 is 0. The molecule has 0 spiro atoms. The molecule has 0 aliphatic carbocycles. The first-order valence-electron chi connectivity index (χ1n) is 3.06. The molecule has 48 valence electrons. The van der Waals surface area contributed by atoms with E-state index in [4.69, 9.17) is 0 Å². The van der Waals surface area contributed by atoms with Crippen LogP contribution >= 0.6 is 0 Å². The molecule has 0 aromatic heterocycles. The van der Waals surface area contributed by atoms with E-state index in [1.807, 2.05) is 6.08 Å². The third-order valence-corrected chi connectivity index (χ3v) is 1.14. The lowest BCUT2D eigenvalue weighted by Crippen LogP contribution is -2.00. The van der Waals surface area contributed by atoms with Gasteiger partial charge in [0, 0.05) is 19.8 Å². The monoisotopic (exact) mass is 122 g/mol. The molecular weight excluding hydrogens is 112 g/mol. The molecule has 0 saturated heterocycles. The number of hydrogen-bond donors (Lipinski definition) is 0. The van der Waals surface area contributed by atoms with E-state index >= 15 is 0 Å². The molecule has 0 amide bonds. The fraction of sp³-hybridized carbons (Fsp3) is 0.429. The van der Waals surface area contributed by atoms with Gasteiger partial charge in [0.2, 0.25) is 0 Å². The molecule has 0 atom stereocenters. The van der Waals surface area contributed by atoms with E-state index in [9.17, 15) is 0 Å². The third kappa shape index (κ3) is 1.80. The highest BCUT2D eigenvalue weighted by Crippen LogP contribution is 1.93. The van der Waals surface area contributed by atoms with Crippen LogP contribution in [0.25, 0.3) is 0 Å². The zero-order valence-corrected chi connectivity index (χ0v) is 5.54. The maximum atomic E-state index is 4.20. The number of dihydropyridines is 1. The molecule has 0 saturated carbocycles. The van der Waals surface area contributed by atoms with Gasteiger partial charge in [0.1, 0.15) is 0 Å². The quantitative estimate of drug-likeness (QED) is 0.465. The Labute approximate surface area is 55.0 Å². The lowest BCUT2D eigenvalue weighted by atomic mass is 10.2. The summed E-state index contributed by atoms with van der Waals surface area (Å²) in [5.41, 5.74) is 0.990. The molecule has 0 aromatic carbocycles. The van der Waals surface area contributed by atoms with Gasteiger partial charge in [0.25, 0.3) is 0 Å². The largest absolute Gasteiger partial charge is 0.294 e. The summed E-state index contributed by atoms with van der Waals surface area (Å²) in [5.74, 6) is 0. The summed E-state index contributed by atoms with van der Waals surface area (Å²) in [7, 11) is 1.75. The molecule has 0 N–H and O–H groups in total. The van der Waals surface area contributed by atoms with E-state index in [2.05, 4.69) is 16.1 Å². The molecule has 0 aromatic rings. The van der Waals surface area contributed by atoms with Crippen molar-refractivity contribution in [2.75, 3.05) is 13.6 Å². The Morgan fingerprint density at radius 1 is 1.78 bits per heavy atom. The van der Waals surface area contributed by atoms with Crippen molar-refractivity contribution in [2.24, 2.45) is 9.98 Å². The highest BCUT2D eigenvalue weighted by Gasteiger charge is 1.91. The molecule has 1 aliphatic rings. The Kier molecular flexibility index (Phi) is 2.19. The maximum absolute atomic E-state index is 4.20. The standard InChI is InChI=1S/C7H10N2/c1-8-6-7-4-2-3-5-9-7/h2,4,6H,3,5H2,1H3. The molecule has 0 bridgehead atoms. The highest BCUT2D eigenvalue weighted by atomic mass is 14.8. The van der Waals surface area contributed by atoms with Crippen LogP contribution in [0.2, 0.25) is 0 Å². The summed E-state index contributed by atoms with van der Waals surface area (Å²) in [6.07, 6.45) is 6.96. The van der Waals surface area contributed by atoms with Gasteiger partial charge in [-0.05, 0) is 12.5 Å². The average molecular weight is 122 g/mol. The fourth-order valence-electron chi connectivity index (χ4n) is 0.741. The van der Waals surface area contributed by atoms with Crippen molar-refractivity contribution in [3.63, 3.8) is 0 Å². The first kappa shape index (κ1) is 6.20. The van der Waals surface area contributed by atoms with Crippen molar-refractivity contribution in [3.8, 4) is 0 Å². The van der Waals surface area contributed by atoms with Crippen LogP contribution in [0.5, 0.6) is 0 Å². The summed E-state index contributed by atoms with van der Waals surface area (Å²) in [6, 6.07) is 0. The summed E-state index contributed by atoms with van der Waals surface area (Å²) in [4.78, 5) is 8.05. The van der Waals surface area contributed by atoms with Crippen molar-refractivity contribution in [3.05, 3.63) is 12.2 Å². The lowest BCUT2D eigenvalue weighted by Gasteiger charge is -1.97. The van der Waals surface area contributed by atoms with Crippen molar-refractivity contribution in [2.45, 2.75) is 6.42 Å². The summed E-state index contributed by atoms with van der Waals surface area (Å²) in [6.45, 7) is 0.915. The van der Waals surface area contributed by atoms with Crippen LogP contribution < -0.4 is 0 Å². The second-order valence-corrected chi connectivity index (χ2v) is 1.88. The third-order valence-electron chi connectivity index (χ3n) is 1.14. The van der Waals surface area contributed by atoms with Crippen molar-refractivity contribution in [1.82, 2.24) is 0 Å². The van der Waals surface area contributed by atoms with Gasteiger partial charge in [-0.1, -0.05) is 6.08 Å². The second kappa shape index (κ2) is 3.17. The number of hydrogen-bond acceptors (Lipinski definition) is 2. The van der Waals surface area contributed by atoms with Crippen molar-refractivity contribution in [1.29, 1.82) is 0 Å². The van der Waals surface area contributed by atoms with Gasteiger partial charge in [-0.3, -0.25) is 9.98 Å². The predicted octanol–water partition coefficient (Wildman–Crippen LogP) is 1.09. The van der Waals surface area contributed by atoms with Gasteiger partial charge in [0.05, 0.1) is 5.71 Å². The van der Waals surface area contributed by atoms with Gasteiger partial charge in [-0.2, -0.15) is 0 Å². The number of nitrogens with zero attached hydrogens (tertiary/aromatic N) is 2. The zero-order chi connectivity index (χ0) is 6.53. The topological polar surface area (TPSA) is 24.7 Å². The van der Waals surface area contributed by atoms with Crippen molar-refractivity contribution >= 4 is 11.9 Å². The van der Waals surface area contributed by atoms with Crippen LogP contribution in [-0.2, 0) is 0 Å². The molecule has 2 nitrogen and oxygen atoms in total. The van der Waals surface area contributed by atoms with Gasteiger partial charge in [0.15, 0.2) is 0 Å². The fourth-order valence-corrected chi connectivity index (χ4v) is 0.741. The number of rotatable bonds is 1. The molecule has 0 unspecified atom stereocenters. The van der Waals surface area contributed by atoms with E-state index in [-0.39, 0.29) is 0 Å². The zero-order valence-electron chi connectivity index (χ0n) is 5.54. The van der Waals surface area contributed by atoms with Crippen LogP contribution in [0.1, 0.15) is 6.42 Å². The van der Waals surface area contributed by atoms with Crippen LogP contribution in [0.4, 0.5) is 0 Å². The SMILES string of the molecule is CN=CC1=NCCC=C1. The van der Waals surface area contributed by atoms with Crippen LogP contribution in [0, 0.1) is 0 Å². The lowest BCUT2D eigenvalue weighted by molar-refractivity contribution is 0.998. The minimum atomic E-state index is 0.915. The molecule has 0 radical (unpaired) electrons. The Bertz CT molecular complexity index is 162. The normalized spacial score (nSPS) is 18.6. The van der Waals surface area contributed by atoms with E-state index in [0.29, 0.717) is 0 Å². The Morgan fingerprint density at radius 3 is 3.22 bits per heavy atom. The van der Waals surface area contributed by atoms with Crippen molar-refractivity contribution < 1.29 is 0 Å². The van der Waals surface area contributed by atoms with E-state index in [0.717, 1.165) is 18.7 Å². The van der Waals surface area contributed by atoms with Crippen LogP contribution in [0.15, 0.2) is 22.1 Å². The van der Waals surface area contributed by atoms with Gasteiger partial charge < -0.3 is 0 Å². The van der Waals surface area contributed by atoms with Gasteiger partial charge in [-0.15, -0.1) is 0 Å². The Balaban J connectivity index is 2.58. The summed E-state index contributed by atoms with van der Waals surface area (Å²) in [5, 5.41) is 0. The maximum Gasteiger partial charge on any atom is 0.0749 e. The first-order valence-corrected chi connectivity index (χ1v) is 3.06. The Morgan fingerprint density at radius 2 is 2.67 bits per heavy atom. The molecule has 1 heterocycles. The minimum absolute atomic E-state index is 0.915. The molecule has 0 fully saturated rings. The van der Waals surface area contributed by atoms with E-state index in [1.54, 1.807) is 13.3 Å². The van der Waals surface area contributed by atoms with Gasteiger partial charge in [-0.25, -0.2) is 0 Å². The van der Waals surface area contributed by atoms with Crippen LogP contribution in [0.3, 0.4) is 0 Å². The molecule has 2 heteroatoms. The minimum Gasteiger partial charge on any atom is -0.294 e. The highest BCUT2D eigenvalue weighted by molar-refractivity contribution is 6.35. The van der Waals surface area contributed by atoms with E-state index < -0.39 is 0 Å². The molecule has 9 heavy (non-hydrogen) atoms. The molecular formula is C7H10N2. The second-order valence-electron chi connectivity index (χ2n) is 1.88. The summed E-state index contributed by atoms with van der Waals surface area (Å²) >= 11 is 0.